The molecule has 0 spiro atoms. The SMILES string of the molecule is Cc1cccc(C[C@@H]2NC(=O)[C@H](CC(=O)O)NC(=O)[C@H](Cc3ccc(O)cc3)NC(=O)[C@H](CC(N)=O)NC(=O)CSC[C@@H](C(=O)N[C@@H](CCN)C(N)=O)NC(=O)[C@H](CCC(=O)O)NC(=O)[C@H](C(C)(C)O)NC(=O)[C@H](CC3CCCCC3)NC(=O)[C@H](CCN)NC(=O)[C@@H](CC(C)C)NC(=O)[C@H](C)N(C)C(=O)[C@H](CCCNC(N)=O)NC(=O)[C@H](Cc3ccc(-c4ccccc4)cc3)NC(=O)[C@H](C(C)C)NC2=O)c1. The number of nitrogens with zero attached hydrogens (tertiary/aromatic N) is 1. The average Bonchev–Trinajstić information content (AvgIpc) is 0.810. The van der Waals surface area contributed by atoms with Gasteiger partial charge in [-0.25, -0.2) is 4.79 Å². The van der Waals surface area contributed by atoms with Crippen molar-refractivity contribution >= 4 is 130 Å². The van der Waals surface area contributed by atoms with Gasteiger partial charge in [-0.3, -0.25) is 91.1 Å². The molecule has 1 saturated carbocycles. The van der Waals surface area contributed by atoms with Crippen molar-refractivity contribution in [3.63, 3.8) is 0 Å². The van der Waals surface area contributed by atoms with Gasteiger partial charge in [0.15, 0.2) is 0 Å². The molecule has 1 heterocycles. The maximum atomic E-state index is 15.4. The number of carbonyl (C=O) groups is 20. The lowest BCUT2D eigenvalue weighted by Gasteiger charge is -2.33. The van der Waals surface area contributed by atoms with Gasteiger partial charge >= 0.3 is 18.0 Å². The molecule has 0 unspecified atom stereocenters. The third-order valence-corrected chi connectivity index (χ3v) is 24.7. The number of nitrogens with two attached hydrogens (primary N) is 5. The third kappa shape index (κ3) is 39.4. The van der Waals surface area contributed by atoms with Crippen LogP contribution in [-0.4, -0.2) is 278 Å². The van der Waals surface area contributed by atoms with Gasteiger partial charge in [-0.2, -0.15) is 0 Å². The number of primary amides is 3. The normalized spacial score (nSPS) is 23.6. The first-order valence-electron chi connectivity index (χ1n) is 46.8. The number of benzene rings is 4. The molecule has 1 saturated heterocycles. The molecular formula is C95H137N21O24S. The molecule has 2 aliphatic rings. The molecule has 15 atom stereocenters. The van der Waals surface area contributed by atoms with Gasteiger partial charge in [0.1, 0.15) is 96.4 Å². The first-order chi connectivity index (χ1) is 66.5. The van der Waals surface area contributed by atoms with Gasteiger partial charge in [0.2, 0.25) is 100 Å². The Balaban J connectivity index is 1.51. The molecule has 46 heteroatoms. The van der Waals surface area contributed by atoms with Crippen LogP contribution in [0.4, 0.5) is 4.79 Å². The van der Waals surface area contributed by atoms with E-state index in [-0.39, 0.29) is 94.1 Å². The molecule has 2 fully saturated rings. The maximum Gasteiger partial charge on any atom is 0.312 e. The zero-order chi connectivity index (χ0) is 105. The molecule has 0 bridgehead atoms. The molecule has 4 aromatic carbocycles. The molecule has 4 aromatic rings. The number of thioether (sulfide) groups is 1. The van der Waals surface area contributed by atoms with Crippen molar-refractivity contribution in [3.05, 3.63) is 125 Å². The summed E-state index contributed by atoms with van der Waals surface area (Å²) in [5.74, 6) is -25.6. The number of likely N-dealkylation sites (N-methyl/N-ethyl adjacent to an activating group) is 1. The number of urea groups is 1. The Kier molecular flexibility index (Phi) is 46.8. The van der Waals surface area contributed by atoms with Gasteiger partial charge < -0.3 is 134 Å². The smallest absolute Gasteiger partial charge is 0.312 e. The summed E-state index contributed by atoms with van der Waals surface area (Å²) in [6.45, 7) is 11.1. The highest BCUT2D eigenvalue weighted by Crippen LogP contribution is 2.29. The van der Waals surface area contributed by atoms with Crippen LogP contribution < -0.4 is 108 Å². The van der Waals surface area contributed by atoms with E-state index in [0.29, 0.717) is 41.3 Å². The number of carbonyl (C=O) groups excluding carboxylic acids is 18. The van der Waals surface area contributed by atoms with E-state index < -0.39 is 264 Å². The van der Waals surface area contributed by atoms with Crippen molar-refractivity contribution < 1.29 is 116 Å². The van der Waals surface area contributed by atoms with Crippen LogP contribution in [0.3, 0.4) is 0 Å². The minimum Gasteiger partial charge on any atom is -0.508 e. The molecule has 6 rings (SSSR count). The molecule has 19 amide bonds. The molecule has 45 nitrogen and oxygen atoms in total. The van der Waals surface area contributed by atoms with Crippen LogP contribution in [0.2, 0.25) is 0 Å². The van der Waals surface area contributed by atoms with Crippen molar-refractivity contribution in [1.82, 2.24) is 84.7 Å². The Labute approximate surface area is 821 Å². The summed E-state index contributed by atoms with van der Waals surface area (Å²) >= 11 is 0.551. The molecule has 29 N–H and O–H groups in total. The van der Waals surface area contributed by atoms with E-state index in [9.17, 15) is 87.5 Å². The Morgan fingerprint density at radius 1 is 0.511 bits per heavy atom. The minimum atomic E-state index is -2.29. The summed E-state index contributed by atoms with van der Waals surface area (Å²) in [7, 11) is 1.23. The molecule has 772 valence electrons. The van der Waals surface area contributed by atoms with Crippen LogP contribution in [0, 0.1) is 24.7 Å². The number of aryl methyl sites for hydroxylation is 1. The van der Waals surface area contributed by atoms with Crippen molar-refractivity contribution in [2.45, 2.75) is 267 Å². The molecule has 141 heavy (non-hydrogen) atoms. The van der Waals surface area contributed by atoms with Crippen molar-refractivity contribution in [2.75, 3.05) is 38.2 Å². The number of carboxylic acids is 2. The summed E-state index contributed by atoms with van der Waals surface area (Å²) in [5, 5.41) is 80.2. The van der Waals surface area contributed by atoms with Crippen LogP contribution in [0.25, 0.3) is 11.1 Å². The lowest BCUT2D eigenvalue weighted by molar-refractivity contribution is -0.143. The quantitative estimate of drug-likeness (QED) is 0.0224. The van der Waals surface area contributed by atoms with Gasteiger partial charge in [-0.15, -0.1) is 11.8 Å². The van der Waals surface area contributed by atoms with Gasteiger partial charge in [0.05, 0.1) is 24.2 Å². The highest BCUT2D eigenvalue weighted by molar-refractivity contribution is 8.00. The summed E-state index contributed by atoms with van der Waals surface area (Å²) in [6.07, 6.45) is -2.76. The van der Waals surface area contributed by atoms with Crippen LogP contribution in [0.15, 0.2) is 103 Å². The van der Waals surface area contributed by atoms with Gasteiger partial charge in [0.25, 0.3) is 0 Å². The van der Waals surface area contributed by atoms with E-state index in [1.54, 1.807) is 69.3 Å². The van der Waals surface area contributed by atoms with Gasteiger partial charge in [-0.1, -0.05) is 156 Å². The lowest BCUT2D eigenvalue weighted by Crippen LogP contribution is -2.64. The first-order valence-corrected chi connectivity index (χ1v) is 47.9. The number of aliphatic hydroxyl groups is 1. The van der Waals surface area contributed by atoms with Crippen LogP contribution in [-0.2, 0) is 110 Å². The zero-order valence-corrected chi connectivity index (χ0v) is 81.5. The standard InChI is InChI=1S/C95H137N21O24S/c1-50(2)40-65-83(128)104-63(36-38-97)82(127)108-68(42-54-19-12-10-13-20-54)89(134)115-78(95(7,8)140)92(137)105-62(33-34-75(120)121)81(126)113-72(90(135)103-61(35-37-96)79(99)124)48-141-49-74(119)102-70(46-73(98)118)86(131)109-66(44-56-27-31-60(117)32-28-56)85(130)111-71(47-76(122)123)87(132)110-69(45-57-21-16-18-52(5)41-57)88(133)114-77(51(3)4)91(136)112-67(43-55-25-29-59(30-26-55)58-22-14-11-15-23-58)84(129)106-64(24-17-39-101-94(100)139)93(138)116(9)53(6)80(125)107-65/h11,14-16,18,21-23,25-32,41,50-51,53-54,61-72,77-78,117,140H,10,12-13,17,19-20,24,33-40,42-49,96-97H2,1-9H3,(H2,98,118)(H2,99,124)(H,102,119)(H,103,135)(H,104,128)(H,105,137)(H,106,129)(H,107,125)(H,108,127)(H,109,131)(H,110,132)(H,111,130)(H,112,136)(H,113,126)(H,114,133)(H,115,134)(H,120,121)(H,122,123)(H3,100,101,139)/t53-,61-,62-,63-,64-,65+,66-,67-,68-,69-,70-,71-,72-,77-,78+/m0/s1. The Morgan fingerprint density at radius 3 is 1.55 bits per heavy atom. The van der Waals surface area contributed by atoms with E-state index in [1.807, 2.05) is 30.3 Å². The van der Waals surface area contributed by atoms with Gasteiger partial charge in [0, 0.05) is 45.0 Å². The highest BCUT2D eigenvalue weighted by atomic mass is 32.2. The monoisotopic (exact) mass is 1990 g/mol. The Morgan fingerprint density at radius 2 is 1.01 bits per heavy atom. The average molecular weight is 1990 g/mol. The van der Waals surface area contributed by atoms with E-state index in [1.165, 1.54) is 52.1 Å². The molecular weight excluding hydrogens is 1850 g/mol. The zero-order valence-electron chi connectivity index (χ0n) is 80.7. The summed E-state index contributed by atoms with van der Waals surface area (Å²) < 4.78 is 0. The second kappa shape index (κ2) is 57.0. The number of amides is 19. The molecule has 1 aliphatic heterocycles. The highest BCUT2D eigenvalue weighted by Gasteiger charge is 2.44. The Bertz CT molecular complexity index is 5020. The number of nitrogens with one attached hydrogen (secondary N) is 15. The lowest BCUT2D eigenvalue weighted by atomic mass is 9.84. The largest absolute Gasteiger partial charge is 0.508 e. The first kappa shape index (κ1) is 116. The third-order valence-electron chi connectivity index (χ3n) is 23.7. The number of aromatic hydroxyl groups is 1. The number of hydrogen-bond acceptors (Lipinski definition) is 25. The van der Waals surface area contributed by atoms with Crippen molar-refractivity contribution in [1.29, 1.82) is 0 Å². The van der Waals surface area contributed by atoms with E-state index in [2.05, 4.69) is 79.8 Å². The fourth-order valence-corrected chi connectivity index (χ4v) is 16.7. The number of aliphatic carboxylic acids is 2. The van der Waals surface area contributed by atoms with Crippen LogP contribution >= 0.6 is 11.8 Å². The van der Waals surface area contributed by atoms with Crippen LogP contribution in [0.5, 0.6) is 5.75 Å². The molecule has 0 aromatic heterocycles. The number of hydrogen-bond donors (Lipinski definition) is 24. The van der Waals surface area contributed by atoms with Crippen LogP contribution in [0.1, 0.15) is 167 Å². The summed E-state index contributed by atoms with van der Waals surface area (Å²) in [6, 6.07) is 0.586. The summed E-state index contributed by atoms with van der Waals surface area (Å²) in [5.41, 5.74) is 29.5. The van der Waals surface area contributed by atoms with E-state index >= 15 is 28.8 Å². The number of phenols is 1. The molecule has 0 radical (unpaired) electrons. The predicted molar refractivity (Wildman–Crippen MR) is 517 cm³/mol. The molecule has 1 aliphatic carbocycles. The fourth-order valence-electron chi connectivity index (χ4n) is 15.8. The number of rotatable bonds is 31. The second-order valence-corrected chi connectivity index (χ2v) is 37.7. The number of carboxylic acid groups (broad SMARTS) is 2. The fraction of sp³-hybridized carbons (Fsp3) is 0.537. The van der Waals surface area contributed by atoms with Gasteiger partial charge in [-0.05, 0) is 143 Å². The second-order valence-electron chi connectivity index (χ2n) is 36.6. The van der Waals surface area contributed by atoms with E-state index in [4.69, 9.17) is 28.7 Å². The summed E-state index contributed by atoms with van der Waals surface area (Å²) in [4.78, 5) is 287. The van der Waals surface area contributed by atoms with E-state index in [0.717, 1.165) is 49.1 Å². The predicted octanol–water partition coefficient (Wildman–Crippen LogP) is -2.93. The number of phenolic OH excluding ortho intramolecular Hbond substituents is 1. The Hall–Kier alpha value is -13.9. The topological polar surface area (TPSA) is 736 Å². The minimum absolute atomic E-state index is 0.0533. The maximum absolute atomic E-state index is 15.4. The van der Waals surface area contributed by atoms with Crippen molar-refractivity contribution in [2.24, 2.45) is 46.4 Å². The van der Waals surface area contributed by atoms with Crippen molar-refractivity contribution in [3.8, 4) is 16.9 Å².